The van der Waals surface area contributed by atoms with Gasteiger partial charge < -0.3 is 35.8 Å². The lowest BCUT2D eigenvalue weighted by molar-refractivity contribution is -0.159. The minimum absolute atomic E-state index is 0.0471. The molecule has 0 spiro atoms. The Morgan fingerprint density at radius 1 is 0.870 bits per heavy atom. The van der Waals surface area contributed by atoms with Crippen molar-refractivity contribution >= 4 is 29.8 Å². The van der Waals surface area contributed by atoms with Crippen LogP contribution in [0.1, 0.15) is 84.9 Å². The van der Waals surface area contributed by atoms with Crippen LogP contribution in [0, 0.1) is 0 Å². The predicted octanol–water partition coefficient (Wildman–Crippen LogP) is 3.90. The van der Waals surface area contributed by atoms with Crippen LogP contribution >= 0.6 is 0 Å². The van der Waals surface area contributed by atoms with Gasteiger partial charge in [-0.2, -0.15) is 0 Å². The van der Waals surface area contributed by atoms with Crippen molar-refractivity contribution in [2.75, 3.05) is 6.54 Å². The van der Waals surface area contributed by atoms with Crippen LogP contribution in [0.4, 0.5) is 4.79 Å². The maximum atomic E-state index is 14.3. The first-order valence-corrected chi connectivity index (χ1v) is 15.3. The average molecular weight is 641 g/mol. The van der Waals surface area contributed by atoms with Crippen molar-refractivity contribution in [1.82, 2.24) is 15.5 Å². The van der Waals surface area contributed by atoms with E-state index in [2.05, 4.69) is 10.6 Å². The molecule has 252 valence electrons. The number of primary amides is 1. The number of ether oxygens (including phenoxy) is 2. The number of rotatable bonds is 14. The van der Waals surface area contributed by atoms with E-state index in [-0.39, 0.29) is 37.1 Å². The highest BCUT2D eigenvalue weighted by atomic mass is 16.6. The van der Waals surface area contributed by atoms with Crippen molar-refractivity contribution in [3.8, 4) is 5.75 Å². The first-order valence-electron chi connectivity index (χ1n) is 15.3. The molecule has 0 aliphatic heterocycles. The van der Waals surface area contributed by atoms with Crippen LogP contribution in [0.2, 0.25) is 0 Å². The molecular weight excluding hydrogens is 592 g/mol. The van der Waals surface area contributed by atoms with E-state index in [4.69, 9.17) is 15.2 Å². The zero-order valence-electron chi connectivity index (χ0n) is 27.8. The number of aromatic hydroxyl groups is 1. The van der Waals surface area contributed by atoms with E-state index in [0.29, 0.717) is 6.42 Å². The second kappa shape index (κ2) is 16.6. The molecule has 5 N–H and O–H groups in total. The molecular formula is C34H48N4O8. The van der Waals surface area contributed by atoms with Gasteiger partial charge in [-0.3, -0.25) is 14.4 Å². The van der Waals surface area contributed by atoms with Crippen LogP contribution in [-0.2, 0) is 35.1 Å². The lowest BCUT2D eigenvalue weighted by Gasteiger charge is -2.35. The topological polar surface area (TPSA) is 177 Å². The fourth-order valence-electron chi connectivity index (χ4n) is 4.64. The van der Waals surface area contributed by atoms with Gasteiger partial charge in [0.2, 0.25) is 17.7 Å². The second-order valence-corrected chi connectivity index (χ2v) is 13.0. The van der Waals surface area contributed by atoms with Crippen molar-refractivity contribution in [2.45, 2.75) is 103 Å². The lowest BCUT2D eigenvalue weighted by Crippen LogP contribution is -2.55. The number of carbonyl (C=O) groups is 5. The Bertz CT molecular complexity index is 1350. The molecule has 3 unspecified atom stereocenters. The van der Waals surface area contributed by atoms with E-state index in [9.17, 15) is 29.1 Å². The van der Waals surface area contributed by atoms with Crippen LogP contribution in [0.25, 0.3) is 0 Å². The number of carbonyl (C=O) groups excluding carboxylic acids is 5. The van der Waals surface area contributed by atoms with Gasteiger partial charge in [-0.15, -0.1) is 0 Å². The Morgan fingerprint density at radius 3 is 2.04 bits per heavy atom. The van der Waals surface area contributed by atoms with Crippen LogP contribution in [0.5, 0.6) is 5.75 Å². The number of alkyl carbamates (subject to hydrolysis) is 1. The Kier molecular flexibility index (Phi) is 13.6. The molecule has 0 radical (unpaired) electrons. The molecule has 0 aliphatic rings. The standard InChI is InChI=1S/C34H48N4O8/c1-8-19-38(30(42)25(17-18-27(35)40)37-32(44)46-34(5,6)7)28(23-15-12-16-24(39)21-23)29(41)36-26(31(43)45-33(2,3)4)20-22-13-10-9-11-14-22/h9-16,21,25-26,28,39H,8,17-20H2,1-7H3,(H2,35,40)(H,36,41)(H,37,44). The van der Waals surface area contributed by atoms with Crippen molar-refractivity contribution in [3.05, 3.63) is 65.7 Å². The normalized spacial score (nSPS) is 13.5. The quantitative estimate of drug-likeness (QED) is 0.225. The Morgan fingerprint density at radius 2 is 1.50 bits per heavy atom. The third kappa shape index (κ3) is 12.8. The first kappa shape index (κ1) is 37.6. The number of nitrogens with one attached hydrogen (secondary N) is 2. The van der Waals surface area contributed by atoms with Gasteiger partial charge in [0.05, 0.1) is 0 Å². The number of benzene rings is 2. The van der Waals surface area contributed by atoms with Crippen LogP contribution in [-0.4, -0.2) is 69.6 Å². The Labute approximate surface area is 271 Å². The summed E-state index contributed by atoms with van der Waals surface area (Å²) < 4.78 is 11.0. The summed E-state index contributed by atoms with van der Waals surface area (Å²) >= 11 is 0. The first-order chi connectivity index (χ1) is 21.4. The summed E-state index contributed by atoms with van der Waals surface area (Å²) in [7, 11) is 0. The fraction of sp³-hybridized carbons (Fsp3) is 0.500. The summed E-state index contributed by atoms with van der Waals surface area (Å²) in [5, 5.41) is 15.6. The smallest absolute Gasteiger partial charge is 0.408 e. The van der Waals surface area contributed by atoms with E-state index in [1.165, 1.54) is 23.1 Å². The third-order valence-electron chi connectivity index (χ3n) is 6.45. The van der Waals surface area contributed by atoms with Gasteiger partial charge in [0, 0.05) is 19.4 Å². The number of phenols is 1. The van der Waals surface area contributed by atoms with E-state index in [0.717, 1.165) is 5.56 Å². The summed E-state index contributed by atoms with van der Waals surface area (Å²) in [6.07, 6.45) is -0.762. The number of nitrogens with zero attached hydrogens (tertiary/aromatic N) is 1. The molecule has 0 saturated heterocycles. The molecule has 46 heavy (non-hydrogen) atoms. The van der Waals surface area contributed by atoms with Gasteiger partial charge in [0.15, 0.2) is 0 Å². The maximum Gasteiger partial charge on any atom is 0.408 e. The average Bonchev–Trinajstić information content (AvgIpc) is 2.93. The highest BCUT2D eigenvalue weighted by Crippen LogP contribution is 2.27. The van der Waals surface area contributed by atoms with Crippen molar-refractivity contribution in [2.24, 2.45) is 5.73 Å². The number of amides is 4. The predicted molar refractivity (Wildman–Crippen MR) is 172 cm³/mol. The molecule has 4 amide bonds. The Balaban J connectivity index is 2.58. The summed E-state index contributed by atoms with van der Waals surface area (Å²) in [5.74, 6) is -2.91. The third-order valence-corrected chi connectivity index (χ3v) is 6.45. The Hall–Kier alpha value is -4.61. The summed E-state index contributed by atoms with van der Waals surface area (Å²) in [5.41, 5.74) is 4.68. The molecule has 0 aromatic heterocycles. The number of esters is 1. The summed E-state index contributed by atoms with van der Waals surface area (Å²) in [4.78, 5) is 67.5. The van der Waals surface area contributed by atoms with Gasteiger partial charge in [0.25, 0.3) is 0 Å². The molecule has 2 rings (SSSR count). The van der Waals surface area contributed by atoms with Crippen molar-refractivity contribution in [1.29, 1.82) is 0 Å². The van der Waals surface area contributed by atoms with Gasteiger partial charge in [-0.05, 0) is 77.6 Å². The lowest BCUT2D eigenvalue weighted by atomic mass is 9.99. The van der Waals surface area contributed by atoms with E-state index in [1.807, 2.05) is 30.3 Å². The largest absolute Gasteiger partial charge is 0.508 e. The van der Waals surface area contributed by atoms with Gasteiger partial charge in [-0.1, -0.05) is 49.4 Å². The van der Waals surface area contributed by atoms with E-state index >= 15 is 0 Å². The van der Waals surface area contributed by atoms with Crippen LogP contribution < -0.4 is 16.4 Å². The van der Waals surface area contributed by atoms with Crippen LogP contribution in [0.15, 0.2) is 54.6 Å². The SMILES string of the molecule is CCCN(C(=O)C(CCC(N)=O)NC(=O)OC(C)(C)C)C(C(=O)NC(Cc1ccccc1)C(=O)OC(C)(C)C)c1cccc(O)c1. The van der Waals surface area contributed by atoms with Gasteiger partial charge in [-0.25, -0.2) is 9.59 Å². The highest BCUT2D eigenvalue weighted by molar-refractivity contribution is 5.94. The maximum absolute atomic E-state index is 14.3. The van der Waals surface area contributed by atoms with Crippen molar-refractivity contribution in [3.63, 3.8) is 0 Å². The molecule has 0 fully saturated rings. The molecule has 2 aromatic carbocycles. The monoisotopic (exact) mass is 640 g/mol. The number of hydrogen-bond donors (Lipinski definition) is 4. The minimum Gasteiger partial charge on any atom is -0.508 e. The van der Waals surface area contributed by atoms with Gasteiger partial charge in [0.1, 0.15) is 35.1 Å². The number of hydrogen-bond acceptors (Lipinski definition) is 8. The number of phenolic OH excluding ortho intramolecular Hbond substituents is 1. The number of nitrogens with two attached hydrogens (primary N) is 1. The molecule has 12 heteroatoms. The van der Waals surface area contributed by atoms with E-state index < -0.39 is 59.1 Å². The fourth-order valence-corrected chi connectivity index (χ4v) is 4.64. The van der Waals surface area contributed by atoms with E-state index in [1.54, 1.807) is 54.5 Å². The second-order valence-electron chi connectivity index (χ2n) is 13.0. The molecule has 0 heterocycles. The molecule has 3 atom stereocenters. The zero-order valence-corrected chi connectivity index (χ0v) is 27.8. The molecule has 2 aromatic rings. The van der Waals surface area contributed by atoms with Gasteiger partial charge >= 0.3 is 12.1 Å². The zero-order chi connectivity index (χ0) is 34.7. The van der Waals surface area contributed by atoms with Crippen LogP contribution in [0.3, 0.4) is 0 Å². The minimum atomic E-state index is -1.35. The summed E-state index contributed by atoms with van der Waals surface area (Å²) in [6, 6.07) is 11.2. The molecule has 0 saturated carbocycles. The molecule has 0 bridgehead atoms. The molecule has 0 aliphatic carbocycles. The highest BCUT2D eigenvalue weighted by Gasteiger charge is 2.38. The van der Waals surface area contributed by atoms with Crippen molar-refractivity contribution < 1.29 is 38.6 Å². The molecule has 12 nitrogen and oxygen atoms in total. The summed E-state index contributed by atoms with van der Waals surface area (Å²) in [6.45, 7) is 12.0.